The van der Waals surface area contributed by atoms with Crippen molar-refractivity contribution in [2.75, 3.05) is 24.2 Å². The number of esters is 1. The molecule has 1 aromatic rings. The fraction of sp³-hybridized carbons (Fsp3) is 0.455. The Kier molecular flexibility index (Phi) is 4.57. The molecule has 1 aromatic heterocycles. The number of aromatic nitrogens is 1. The van der Waals surface area contributed by atoms with Crippen LogP contribution in [-0.2, 0) is 4.74 Å². The first-order chi connectivity index (χ1) is 7.70. The van der Waals surface area contributed by atoms with E-state index in [4.69, 9.17) is 10.5 Å². The topological polar surface area (TPSA) is 77.2 Å². The lowest BCUT2D eigenvalue weighted by Crippen LogP contribution is -2.12. The van der Waals surface area contributed by atoms with E-state index in [1.54, 1.807) is 19.2 Å². The summed E-state index contributed by atoms with van der Waals surface area (Å²) in [7, 11) is 0. The van der Waals surface area contributed by atoms with Crippen LogP contribution in [0.2, 0.25) is 0 Å². The van der Waals surface area contributed by atoms with E-state index in [1.165, 1.54) is 0 Å². The van der Waals surface area contributed by atoms with Crippen molar-refractivity contribution < 1.29 is 9.53 Å². The number of carbonyl (C=O) groups is 1. The standard InChI is InChI=1S/C11H17N3O2/c1-3-6-13-10-9(12)8(5-7-14-10)11(15)16-4-2/h5,7H,3-4,6,12H2,1-2H3,(H,13,14). The second-order valence-electron chi connectivity index (χ2n) is 3.27. The third-order valence-corrected chi connectivity index (χ3v) is 2.03. The van der Waals surface area contributed by atoms with Crippen LogP contribution in [0.4, 0.5) is 11.5 Å². The first-order valence-electron chi connectivity index (χ1n) is 5.36. The summed E-state index contributed by atoms with van der Waals surface area (Å²) in [6.45, 7) is 4.89. The second kappa shape index (κ2) is 5.95. The Morgan fingerprint density at radius 2 is 2.31 bits per heavy atom. The zero-order valence-electron chi connectivity index (χ0n) is 9.62. The smallest absolute Gasteiger partial charge is 0.340 e. The van der Waals surface area contributed by atoms with Gasteiger partial charge >= 0.3 is 5.97 Å². The molecule has 0 bridgehead atoms. The molecule has 1 rings (SSSR count). The van der Waals surface area contributed by atoms with E-state index >= 15 is 0 Å². The lowest BCUT2D eigenvalue weighted by molar-refractivity contribution is 0.0527. The van der Waals surface area contributed by atoms with Crippen molar-refractivity contribution in [3.05, 3.63) is 17.8 Å². The van der Waals surface area contributed by atoms with Crippen molar-refractivity contribution in [1.82, 2.24) is 4.98 Å². The molecule has 0 fully saturated rings. The normalized spacial score (nSPS) is 9.88. The zero-order valence-corrected chi connectivity index (χ0v) is 9.62. The SMILES string of the molecule is CCCNc1nccc(C(=O)OCC)c1N. The largest absolute Gasteiger partial charge is 0.462 e. The summed E-state index contributed by atoms with van der Waals surface area (Å²) in [6.07, 6.45) is 2.51. The van der Waals surface area contributed by atoms with Crippen LogP contribution in [0.1, 0.15) is 30.6 Å². The summed E-state index contributed by atoms with van der Waals surface area (Å²) in [4.78, 5) is 15.6. The maximum absolute atomic E-state index is 11.5. The minimum Gasteiger partial charge on any atom is -0.462 e. The number of rotatable bonds is 5. The van der Waals surface area contributed by atoms with Crippen LogP contribution in [0.5, 0.6) is 0 Å². The highest BCUT2D eigenvalue weighted by Gasteiger charge is 2.13. The highest BCUT2D eigenvalue weighted by Crippen LogP contribution is 2.20. The van der Waals surface area contributed by atoms with Gasteiger partial charge in [0.15, 0.2) is 0 Å². The molecule has 0 aliphatic heterocycles. The number of ether oxygens (including phenoxy) is 1. The Morgan fingerprint density at radius 1 is 1.56 bits per heavy atom. The fourth-order valence-corrected chi connectivity index (χ4v) is 1.24. The molecule has 0 amide bonds. The Labute approximate surface area is 95.0 Å². The number of nitrogens with zero attached hydrogens (tertiary/aromatic N) is 1. The first kappa shape index (κ1) is 12.3. The molecule has 0 aliphatic rings. The molecule has 88 valence electrons. The van der Waals surface area contributed by atoms with Gasteiger partial charge in [-0.25, -0.2) is 9.78 Å². The molecule has 0 aromatic carbocycles. The minimum absolute atomic E-state index is 0.332. The van der Waals surface area contributed by atoms with Gasteiger partial charge in [0.25, 0.3) is 0 Å². The molecular formula is C11H17N3O2. The van der Waals surface area contributed by atoms with Crippen molar-refractivity contribution in [1.29, 1.82) is 0 Å². The molecule has 5 nitrogen and oxygen atoms in total. The molecule has 16 heavy (non-hydrogen) atoms. The number of nitrogens with two attached hydrogens (primary N) is 1. The van der Waals surface area contributed by atoms with Gasteiger partial charge < -0.3 is 15.8 Å². The molecule has 0 saturated heterocycles. The summed E-state index contributed by atoms with van der Waals surface area (Å²) in [5.74, 6) is 0.120. The Balaban J connectivity index is 2.89. The van der Waals surface area contributed by atoms with Crippen LogP contribution in [0.25, 0.3) is 0 Å². The number of nitrogen functional groups attached to an aromatic ring is 1. The van der Waals surface area contributed by atoms with Gasteiger partial charge in [-0.2, -0.15) is 0 Å². The van der Waals surface area contributed by atoms with Gasteiger partial charge in [-0.05, 0) is 19.4 Å². The van der Waals surface area contributed by atoms with Gasteiger partial charge in [-0.1, -0.05) is 6.92 Å². The highest BCUT2D eigenvalue weighted by atomic mass is 16.5. The third kappa shape index (κ3) is 2.85. The van der Waals surface area contributed by atoms with Crippen molar-refractivity contribution in [2.24, 2.45) is 0 Å². The predicted molar refractivity (Wildman–Crippen MR) is 63.4 cm³/mol. The van der Waals surface area contributed by atoms with E-state index < -0.39 is 5.97 Å². The quantitative estimate of drug-likeness (QED) is 0.742. The van der Waals surface area contributed by atoms with Crippen molar-refractivity contribution in [2.45, 2.75) is 20.3 Å². The number of pyridine rings is 1. The van der Waals surface area contributed by atoms with E-state index in [0.29, 0.717) is 23.7 Å². The predicted octanol–water partition coefficient (Wildman–Crippen LogP) is 1.66. The van der Waals surface area contributed by atoms with E-state index in [-0.39, 0.29) is 0 Å². The van der Waals surface area contributed by atoms with E-state index in [1.807, 2.05) is 6.92 Å². The number of anilines is 2. The maximum atomic E-state index is 11.5. The summed E-state index contributed by atoms with van der Waals surface area (Å²) in [5, 5.41) is 3.06. The van der Waals surface area contributed by atoms with Gasteiger partial charge in [0.2, 0.25) is 0 Å². The summed E-state index contributed by atoms with van der Waals surface area (Å²) >= 11 is 0. The average molecular weight is 223 g/mol. The van der Waals surface area contributed by atoms with E-state index in [9.17, 15) is 4.79 Å². The zero-order chi connectivity index (χ0) is 12.0. The van der Waals surface area contributed by atoms with Gasteiger partial charge in [0.05, 0.1) is 17.9 Å². The van der Waals surface area contributed by atoms with Crippen molar-refractivity contribution >= 4 is 17.5 Å². The number of carbonyl (C=O) groups excluding carboxylic acids is 1. The molecule has 3 N–H and O–H groups in total. The van der Waals surface area contributed by atoms with Crippen LogP contribution < -0.4 is 11.1 Å². The monoisotopic (exact) mass is 223 g/mol. The second-order valence-corrected chi connectivity index (χ2v) is 3.27. The minimum atomic E-state index is -0.415. The first-order valence-corrected chi connectivity index (χ1v) is 5.36. The van der Waals surface area contributed by atoms with Crippen LogP contribution in [-0.4, -0.2) is 24.1 Å². The van der Waals surface area contributed by atoms with E-state index in [0.717, 1.165) is 13.0 Å². The molecule has 0 saturated carbocycles. The average Bonchev–Trinajstić information content (AvgIpc) is 2.28. The number of nitrogens with one attached hydrogen (secondary N) is 1. The van der Waals surface area contributed by atoms with Crippen LogP contribution >= 0.6 is 0 Å². The van der Waals surface area contributed by atoms with Gasteiger partial charge in [-0.15, -0.1) is 0 Å². The third-order valence-electron chi connectivity index (χ3n) is 2.03. The molecule has 0 aliphatic carbocycles. The van der Waals surface area contributed by atoms with Crippen LogP contribution in [0.15, 0.2) is 12.3 Å². The number of hydrogen-bond acceptors (Lipinski definition) is 5. The van der Waals surface area contributed by atoms with Crippen molar-refractivity contribution in [3.8, 4) is 0 Å². The molecule has 0 spiro atoms. The number of hydrogen-bond donors (Lipinski definition) is 2. The summed E-state index contributed by atoms with van der Waals surface area (Å²) < 4.78 is 4.89. The molecule has 5 heteroatoms. The molecule has 0 atom stereocenters. The van der Waals surface area contributed by atoms with E-state index in [2.05, 4.69) is 10.3 Å². The van der Waals surface area contributed by atoms with Crippen molar-refractivity contribution in [3.63, 3.8) is 0 Å². The lowest BCUT2D eigenvalue weighted by Gasteiger charge is -2.10. The van der Waals surface area contributed by atoms with Crippen LogP contribution in [0, 0.1) is 0 Å². The summed E-state index contributed by atoms with van der Waals surface area (Å²) in [5.41, 5.74) is 6.53. The Morgan fingerprint density at radius 3 is 2.94 bits per heavy atom. The molecule has 0 unspecified atom stereocenters. The molecule has 1 heterocycles. The van der Waals surface area contributed by atoms with Gasteiger partial charge in [0, 0.05) is 12.7 Å². The molecular weight excluding hydrogens is 206 g/mol. The Hall–Kier alpha value is -1.78. The fourth-order valence-electron chi connectivity index (χ4n) is 1.24. The van der Waals surface area contributed by atoms with Gasteiger partial charge in [-0.3, -0.25) is 0 Å². The van der Waals surface area contributed by atoms with Crippen LogP contribution in [0.3, 0.4) is 0 Å². The summed E-state index contributed by atoms with van der Waals surface area (Å²) in [6, 6.07) is 1.56. The van der Waals surface area contributed by atoms with Gasteiger partial charge in [0.1, 0.15) is 5.82 Å². The lowest BCUT2D eigenvalue weighted by atomic mass is 10.2. The Bertz CT molecular complexity index is 366. The maximum Gasteiger partial charge on any atom is 0.340 e. The highest BCUT2D eigenvalue weighted by molar-refractivity contribution is 5.97. The molecule has 0 radical (unpaired) electrons.